The predicted octanol–water partition coefficient (Wildman–Crippen LogP) is 4.03. The van der Waals surface area contributed by atoms with Crippen LogP contribution in [0, 0.1) is 5.41 Å². The van der Waals surface area contributed by atoms with E-state index in [0.717, 1.165) is 33.0 Å². The molecule has 3 heterocycles. The topological polar surface area (TPSA) is 83.7 Å². The van der Waals surface area contributed by atoms with Gasteiger partial charge in [0, 0.05) is 18.6 Å². The summed E-state index contributed by atoms with van der Waals surface area (Å²) in [5.41, 5.74) is -0.0232. The summed E-state index contributed by atoms with van der Waals surface area (Å²) in [5.74, 6) is 0. The molecule has 8 nitrogen and oxygen atoms in total. The van der Waals surface area contributed by atoms with Crippen molar-refractivity contribution in [2.75, 3.05) is 79.3 Å². The van der Waals surface area contributed by atoms with Gasteiger partial charge in [-0.2, -0.15) is 0 Å². The molecule has 4 unspecified atom stereocenters. The minimum atomic E-state index is -0.0410. The molecule has 4 aliphatic rings. The van der Waals surface area contributed by atoms with Crippen LogP contribution < -0.4 is 0 Å². The second kappa shape index (κ2) is 18.9. The molecule has 3 aliphatic heterocycles. The Morgan fingerprint density at radius 2 is 1.06 bits per heavy atom. The van der Waals surface area contributed by atoms with Crippen molar-refractivity contribution in [3.63, 3.8) is 0 Å². The van der Waals surface area contributed by atoms with E-state index in [1.54, 1.807) is 0 Å². The van der Waals surface area contributed by atoms with Crippen LogP contribution in [0.1, 0.15) is 66.2 Å². The van der Waals surface area contributed by atoms with Gasteiger partial charge in [0.15, 0.2) is 0 Å². The van der Waals surface area contributed by atoms with Gasteiger partial charge in [-0.3, -0.25) is 0 Å². The van der Waals surface area contributed by atoms with E-state index in [4.69, 9.17) is 37.9 Å². The first-order valence-corrected chi connectivity index (χ1v) is 13.8. The fourth-order valence-corrected chi connectivity index (χ4v) is 3.41. The Labute approximate surface area is 213 Å². The first kappa shape index (κ1) is 30.9. The van der Waals surface area contributed by atoms with Crippen LogP contribution in [0.2, 0.25) is 0 Å². The third-order valence-corrected chi connectivity index (χ3v) is 5.83. The Morgan fingerprint density at radius 3 is 1.54 bits per heavy atom. The third-order valence-electron chi connectivity index (χ3n) is 5.83. The Bertz CT molecular complexity index is 476. The van der Waals surface area contributed by atoms with Gasteiger partial charge in [0.05, 0.1) is 66.1 Å². The molecule has 8 heteroatoms. The van der Waals surface area contributed by atoms with E-state index in [-0.39, 0.29) is 17.6 Å². The standard InChI is InChI=1S/C16H30O6.C6H12.C5H10O2/c1-4-17-5-13(20-9-15-10-22-15)6-18-11-16(2,3)12-19-7-14-8-21-14;1-2-4-6-5-3-1;1-2-6-3-5-4-7-5/h13-15H,4-12H2,1-3H3;1-6H2;5H,2-4H2,1H3. The van der Waals surface area contributed by atoms with Crippen molar-refractivity contribution >= 4 is 0 Å². The third kappa shape index (κ3) is 19.5. The van der Waals surface area contributed by atoms with Gasteiger partial charge >= 0.3 is 0 Å². The summed E-state index contributed by atoms with van der Waals surface area (Å²) in [6.45, 7) is 16.7. The van der Waals surface area contributed by atoms with Crippen molar-refractivity contribution in [2.45, 2.75) is 90.6 Å². The molecule has 0 aromatic heterocycles. The average molecular weight is 505 g/mol. The monoisotopic (exact) mass is 504 g/mol. The van der Waals surface area contributed by atoms with Crippen molar-refractivity contribution in [2.24, 2.45) is 5.41 Å². The zero-order chi connectivity index (χ0) is 25.2. The van der Waals surface area contributed by atoms with E-state index in [1.807, 2.05) is 13.8 Å². The molecular formula is C27H52O8. The minimum Gasteiger partial charge on any atom is -0.379 e. The quantitative estimate of drug-likeness (QED) is 0.275. The normalized spacial score (nSPS) is 25.5. The lowest BCUT2D eigenvalue weighted by molar-refractivity contribution is -0.0801. The fraction of sp³-hybridized carbons (Fsp3) is 1.00. The maximum Gasteiger partial charge on any atom is 0.104 e. The van der Waals surface area contributed by atoms with Crippen LogP contribution in [0.3, 0.4) is 0 Å². The lowest BCUT2D eigenvalue weighted by Gasteiger charge is -2.25. The Hall–Kier alpha value is -0.320. The van der Waals surface area contributed by atoms with Gasteiger partial charge in [-0.1, -0.05) is 52.4 Å². The van der Waals surface area contributed by atoms with Crippen molar-refractivity contribution < 1.29 is 37.9 Å². The van der Waals surface area contributed by atoms with Crippen LogP contribution >= 0.6 is 0 Å². The molecule has 0 aromatic carbocycles. The summed E-state index contributed by atoms with van der Waals surface area (Å²) in [6, 6.07) is 0. The van der Waals surface area contributed by atoms with Gasteiger partial charge in [0.2, 0.25) is 0 Å². The van der Waals surface area contributed by atoms with E-state index in [2.05, 4.69) is 13.8 Å². The number of rotatable bonds is 17. The fourth-order valence-electron chi connectivity index (χ4n) is 3.41. The SMILES string of the molecule is C1CCCCC1.CCOCC(COCC(C)(C)COCC1CO1)OCC1CO1.CCOCC1CO1. The number of epoxide rings is 3. The van der Waals surface area contributed by atoms with Crippen LogP contribution in [0.25, 0.3) is 0 Å². The van der Waals surface area contributed by atoms with Crippen LogP contribution in [0.4, 0.5) is 0 Å². The smallest absolute Gasteiger partial charge is 0.104 e. The van der Waals surface area contributed by atoms with Gasteiger partial charge in [-0.25, -0.2) is 0 Å². The first-order chi connectivity index (χ1) is 17.0. The first-order valence-electron chi connectivity index (χ1n) is 13.8. The summed E-state index contributed by atoms with van der Waals surface area (Å²) in [4.78, 5) is 0. The largest absolute Gasteiger partial charge is 0.379 e. The van der Waals surface area contributed by atoms with Crippen molar-refractivity contribution in [1.82, 2.24) is 0 Å². The lowest BCUT2D eigenvalue weighted by atomic mass is 9.96. The zero-order valence-electron chi connectivity index (χ0n) is 22.8. The van der Waals surface area contributed by atoms with E-state index in [0.29, 0.717) is 58.5 Å². The maximum atomic E-state index is 5.83. The molecule has 208 valence electrons. The van der Waals surface area contributed by atoms with Crippen LogP contribution in [0.5, 0.6) is 0 Å². The molecule has 4 atom stereocenters. The van der Waals surface area contributed by atoms with Gasteiger partial charge < -0.3 is 37.9 Å². The molecule has 0 bridgehead atoms. The molecule has 4 fully saturated rings. The predicted molar refractivity (Wildman–Crippen MR) is 135 cm³/mol. The summed E-state index contributed by atoms with van der Waals surface area (Å²) in [6.07, 6.45) is 9.96. The van der Waals surface area contributed by atoms with Crippen molar-refractivity contribution in [3.8, 4) is 0 Å². The van der Waals surface area contributed by atoms with E-state index in [9.17, 15) is 0 Å². The molecule has 0 amide bonds. The Morgan fingerprint density at radius 1 is 0.629 bits per heavy atom. The highest BCUT2D eigenvalue weighted by molar-refractivity contribution is 4.72. The molecule has 0 spiro atoms. The Balaban J connectivity index is 0.000000267. The highest BCUT2D eigenvalue weighted by atomic mass is 16.6. The number of hydrogen-bond acceptors (Lipinski definition) is 8. The van der Waals surface area contributed by atoms with Gasteiger partial charge in [-0.15, -0.1) is 0 Å². The second-order valence-corrected chi connectivity index (χ2v) is 10.5. The van der Waals surface area contributed by atoms with Crippen LogP contribution in [0.15, 0.2) is 0 Å². The van der Waals surface area contributed by atoms with Gasteiger partial charge in [-0.05, 0) is 13.8 Å². The molecule has 1 saturated carbocycles. The van der Waals surface area contributed by atoms with Crippen LogP contribution in [-0.2, 0) is 37.9 Å². The zero-order valence-corrected chi connectivity index (χ0v) is 22.8. The summed E-state index contributed by atoms with van der Waals surface area (Å²) >= 11 is 0. The molecule has 0 N–H and O–H groups in total. The van der Waals surface area contributed by atoms with Gasteiger partial charge in [0.1, 0.15) is 24.4 Å². The van der Waals surface area contributed by atoms with E-state index >= 15 is 0 Å². The summed E-state index contributed by atoms with van der Waals surface area (Å²) in [5, 5.41) is 0. The lowest BCUT2D eigenvalue weighted by Crippen LogP contribution is -2.32. The summed E-state index contributed by atoms with van der Waals surface area (Å²) in [7, 11) is 0. The minimum absolute atomic E-state index is 0.0232. The molecule has 0 aromatic rings. The molecule has 35 heavy (non-hydrogen) atoms. The highest BCUT2D eigenvalue weighted by Gasteiger charge is 2.27. The van der Waals surface area contributed by atoms with E-state index < -0.39 is 0 Å². The van der Waals surface area contributed by atoms with Gasteiger partial charge in [0.25, 0.3) is 0 Å². The molecule has 4 rings (SSSR count). The average Bonchev–Trinajstić information content (AvgIpc) is 3.71. The van der Waals surface area contributed by atoms with E-state index in [1.165, 1.54) is 38.5 Å². The van der Waals surface area contributed by atoms with Crippen molar-refractivity contribution in [3.05, 3.63) is 0 Å². The maximum absolute atomic E-state index is 5.83. The molecule has 1 aliphatic carbocycles. The molecule has 0 radical (unpaired) electrons. The number of hydrogen-bond donors (Lipinski definition) is 0. The van der Waals surface area contributed by atoms with Crippen molar-refractivity contribution in [1.29, 1.82) is 0 Å². The Kier molecular flexibility index (Phi) is 16.6. The highest BCUT2D eigenvalue weighted by Crippen LogP contribution is 2.19. The summed E-state index contributed by atoms with van der Waals surface area (Å²) < 4.78 is 42.9. The molecule has 3 saturated heterocycles. The van der Waals surface area contributed by atoms with Crippen LogP contribution in [-0.4, -0.2) is 104 Å². The number of ether oxygens (including phenoxy) is 8. The second-order valence-electron chi connectivity index (χ2n) is 10.5. The molecular weight excluding hydrogens is 452 g/mol.